The molecule has 0 spiro atoms. The molecule has 2 aromatic heterocycles. The van der Waals surface area contributed by atoms with Gasteiger partial charge >= 0.3 is 7.82 Å². The van der Waals surface area contributed by atoms with Crippen molar-refractivity contribution in [2.45, 2.75) is 24.5 Å². The molecular formula is C10H13BrN5O8P. The van der Waals surface area contributed by atoms with Gasteiger partial charge in [-0.25, -0.2) is 9.55 Å². The van der Waals surface area contributed by atoms with Crippen LogP contribution < -0.4 is 11.3 Å². The summed E-state index contributed by atoms with van der Waals surface area (Å²) >= 11 is 3.11. The molecule has 1 aliphatic heterocycles. The molecule has 0 aromatic carbocycles. The third kappa shape index (κ3) is 3.47. The van der Waals surface area contributed by atoms with Gasteiger partial charge in [-0.05, 0) is 15.9 Å². The van der Waals surface area contributed by atoms with E-state index in [1.54, 1.807) is 0 Å². The summed E-state index contributed by atoms with van der Waals surface area (Å²) in [6, 6.07) is 0. The fourth-order valence-electron chi connectivity index (χ4n) is 2.45. The molecule has 0 aliphatic carbocycles. The maximum absolute atomic E-state index is 11.9. The van der Waals surface area contributed by atoms with Gasteiger partial charge in [0.05, 0.1) is 6.61 Å². The maximum Gasteiger partial charge on any atom is 0.469 e. The van der Waals surface area contributed by atoms with Crippen LogP contribution in [0.25, 0.3) is 11.2 Å². The predicted octanol–water partition coefficient (Wildman–Crippen LogP) is -1.81. The van der Waals surface area contributed by atoms with Crippen molar-refractivity contribution in [1.29, 1.82) is 0 Å². The van der Waals surface area contributed by atoms with Crippen molar-refractivity contribution >= 4 is 40.9 Å². The minimum Gasteiger partial charge on any atom is -0.387 e. The largest absolute Gasteiger partial charge is 0.469 e. The van der Waals surface area contributed by atoms with Gasteiger partial charge in [-0.2, -0.15) is 4.98 Å². The third-order valence-electron chi connectivity index (χ3n) is 3.52. The summed E-state index contributed by atoms with van der Waals surface area (Å²) in [7, 11) is -4.78. The molecule has 0 saturated carbocycles. The van der Waals surface area contributed by atoms with Gasteiger partial charge in [0.1, 0.15) is 18.3 Å². The number of fused-ring (bicyclic) bond motifs is 1. The molecule has 0 radical (unpaired) electrons. The van der Waals surface area contributed by atoms with E-state index in [1.165, 1.54) is 4.57 Å². The summed E-state index contributed by atoms with van der Waals surface area (Å²) in [6.45, 7) is -0.667. The van der Waals surface area contributed by atoms with E-state index in [-0.39, 0.29) is 21.8 Å². The number of imidazole rings is 1. The number of phosphoric acid groups is 1. The Labute approximate surface area is 146 Å². The molecular weight excluding hydrogens is 429 g/mol. The number of nitrogens with zero attached hydrogens (tertiary/aromatic N) is 3. The van der Waals surface area contributed by atoms with E-state index in [0.29, 0.717) is 0 Å². The smallest absolute Gasteiger partial charge is 0.387 e. The van der Waals surface area contributed by atoms with Crippen molar-refractivity contribution in [2.75, 3.05) is 12.3 Å². The average Bonchev–Trinajstić information content (AvgIpc) is 2.95. The molecule has 1 aliphatic rings. The first-order chi connectivity index (χ1) is 11.6. The lowest BCUT2D eigenvalue weighted by Gasteiger charge is -2.17. The summed E-state index contributed by atoms with van der Waals surface area (Å²) in [5.74, 6) is -0.194. The summed E-state index contributed by atoms with van der Waals surface area (Å²) in [5.41, 5.74) is 4.79. The molecule has 0 amide bonds. The zero-order valence-corrected chi connectivity index (χ0v) is 14.7. The van der Waals surface area contributed by atoms with Crippen molar-refractivity contribution in [3.63, 3.8) is 0 Å². The summed E-state index contributed by atoms with van der Waals surface area (Å²) in [4.78, 5) is 39.5. The lowest BCUT2D eigenvalue weighted by Crippen LogP contribution is -2.33. The van der Waals surface area contributed by atoms with Crippen LogP contribution in [-0.4, -0.2) is 64.4 Å². The Morgan fingerprint density at radius 1 is 1.36 bits per heavy atom. The van der Waals surface area contributed by atoms with Crippen LogP contribution in [0.2, 0.25) is 0 Å². The van der Waals surface area contributed by atoms with E-state index in [4.69, 9.17) is 20.3 Å². The van der Waals surface area contributed by atoms with E-state index in [9.17, 15) is 19.6 Å². The quantitative estimate of drug-likeness (QED) is 0.230. The molecule has 25 heavy (non-hydrogen) atoms. The van der Waals surface area contributed by atoms with Gasteiger partial charge in [0.2, 0.25) is 5.95 Å². The number of halogens is 1. The Kier molecular flexibility index (Phi) is 4.72. The molecule has 3 rings (SSSR count). The molecule has 1 saturated heterocycles. The Hall–Kier alpha value is -1.38. The molecule has 13 nitrogen and oxygen atoms in total. The highest BCUT2D eigenvalue weighted by Crippen LogP contribution is 2.39. The molecule has 2 unspecified atom stereocenters. The van der Waals surface area contributed by atoms with Crippen molar-refractivity contribution in [3.05, 3.63) is 15.1 Å². The van der Waals surface area contributed by atoms with Gasteiger partial charge in [-0.15, -0.1) is 0 Å². The van der Waals surface area contributed by atoms with Crippen LogP contribution in [0.5, 0.6) is 0 Å². The zero-order valence-electron chi connectivity index (χ0n) is 12.2. The number of aromatic amines is 1. The number of H-pyrrole nitrogens is 1. The summed E-state index contributed by atoms with van der Waals surface area (Å²) < 4.78 is 21.8. The zero-order chi connectivity index (χ0) is 18.5. The monoisotopic (exact) mass is 441 g/mol. The van der Waals surface area contributed by atoms with Crippen LogP contribution in [-0.2, 0) is 13.8 Å². The number of ether oxygens (including phenoxy) is 1. The first-order valence-electron chi connectivity index (χ1n) is 6.73. The van der Waals surface area contributed by atoms with E-state index in [0.717, 1.165) is 0 Å². The number of nitrogens with one attached hydrogen (secondary N) is 1. The molecule has 15 heteroatoms. The molecule has 138 valence electrons. The number of anilines is 1. The fourth-order valence-corrected chi connectivity index (χ4v) is 3.34. The van der Waals surface area contributed by atoms with Crippen molar-refractivity contribution < 1.29 is 33.8 Å². The standard InChI is InChI=1S/C10H13BrN5O8P/c11-9-13-3-6(14-10(12)15-7(3)19)16(9)8-5(18)4(17)2(24-8)1-23-25(20,21)22/h2,4-5,8,17-18H,1H2,(H2,20,21,22)(H3,12,14,15,19)/t2-,4?,5?,8-/m1/s1. The molecule has 0 bridgehead atoms. The topological polar surface area (TPSA) is 206 Å². The van der Waals surface area contributed by atoms with Gasteiger partial charge in [0.15, 0.2) is 22.1 Å². The van der Waals surface area contributed by atoms with Gasteiger partial charge in [-0.3, -0.25) is 18.9 Å². The van der Waals surface area contributed by atoms with E-state index in [1.807, 2.05) is 0 Å². The van der Waals surface area contributed by atoms with Crippen LogP contribution in [0.15, 0.2) is 9.53 Å². The highest BCUT2D eigenvalue weighted by molar-refractivity contribution is 9.10. The molecule has 7 N–H and O–H groups in total. The van der Waals surface area contributed by atoms with Gasteiger partial charge in [0.25, 0.3) is 5.56 Å². The maximum atomic E-state index is 11.9. The highest BCUT2D eigenvalue weighted by Gasteiger charge is 2.46. The van der Waals surface area contributed by atoms with Gasteiger partial charge in [0, 0.05) is 0 Å². The SMILES string of the molecule is Nc1nc2c(nc(Br)n2[C@@H]2O[C@H](COP(=O)(O)O)C(O)C2O)c(=O)[nH]1. The minimum atomic E-state index is -4.78. The number of nitrogen functional groups attached to an aromatic ring is 1. The van der Waals surface area contributed by atoms with Crippen LogP contribution >= 0.6 is 23.8 Å². The Bertz CT molecular complexity index is 911. The third-order valence-corrected chi connectivity index (χ3v) is 4.57. The second-order valence-electron chi connectivity index (χ2n) is 5.21. The number of aromatic nitrogens is 4. The highest BCUT2D eigenvalue weighted by atomic mass is 79.9. The molecule has 2 aromatic rings. The van der Waals surface area contributed by atoms with Crippen molar-refractivity contribution in [1.82, 2.24) is 19.5 Å². The lowest BCUT2D eigenvalue weighted by molar-refractivity contribution is -0.0513. The van der Waals surface area contributed by atoms with E-state index >= 15 is 0 Å². The number of hydrogen-bond donors (Lipinski definition) is 6. The Balaban J connectivity index is 1.97. The average molecular weight is 442 g/mol. The van der Waals surface area contributed by atoms with E-state index < -0.39 is 44.5 Å². The van der Waals surface area contributed by atoms with Gasteiger partial charge in [-0.1, -0.05) is 0 Å². The van der Waals surface area contributed by atoms with Crippen molar-refractivity contribution in [2.24, 2.45) is 0 Å². The van der Waals surface area contributed by atoms with Gasteiger partial charge < -0.3 is 30.5 Å². The summed E-state index contributed by atoms with van der Waals surface area (Å²) in [5, 5.41) is 20.2. The second kappa shape index (κ2) is 6.41. The van der Waals surface area contributed by atoms with Crippen molar-refractivity contribution in [3.8, 4) is 0 Å². The predicted molar refractivity (Wildman–Crippen MR) is 84.2 cm³/mol. The number of aliphatic hydroxyl groups is 2. The van der Waals surface area contributed by atoms with Crippen LogP contribution in [0.3, 0.4) is 0 Å². The minimum absolute atomic E-state index is 0.0130. The summed E-state index contributed by atoms with van der Waals surface area (Å²) in [6.07, 6.45) is -5.52. The first kappa shape index (κ1) is 18.4. The number of aliphatic hydroxyl groups excluding tert-OH is 2. The molecule has 4 atom stereocenters. The van der Waals surface area contributed by atoms with Crippen LogP contribution in [0, 0.1) is 0 Å². The van der Waals surface area contributed by atoms with Crippen LogP contribution in [0.4, 0.5) is 5.95 Å². The molecule has 1 fully saturated rings. The molecule has 3 heterocycles. The number of nitrogens with two attached hydrogens (primary N) is 1. The Morgan fingerprint density at radius 2 is 2.04 bits per heavy atom. The number of rotatable bonds is 4. The fraction of sp³-hybridized carbons (Fsp3) is 0.500. The van der Waals surface area contributed by atoms with E-state index in [2.05, 4.69) is 35.4 Å². The number of phosphoric ester groups is 1. The lowest BCUT2D eigenvalue weighted by atomic mass is 10.1. The number of hydrogen-bond acceptors (Lipinski definition) is 9. The Morgan fingerprint density at radius 3 is 2.68 bits per heavy atom. The van der Waals surface area contributed by atoms with Crippen LogP contribution in [0.1, 0.15) is 6.23 Å². The normalized spacial score (nSPS) is 27.2. The first-order valence-corrected chi connectivity index (χ1v) is 9.05. The second-order valence-corrected chi connectivity index (χ2v) is 7.16.